The second kappa shape index (κ2) is 4.15. The Kier molecular flexibility index (Phi) is 3.44. The summed E-state index contributed by atoms with van der Waals surface area (Å²) in [6, 6.07) is 5.42. The number of alkyl halides is 3. The molecule has 0 spiro atoms. The van der Waals surface area contributed by atoms with E-state index in [9.17, 15) is 0 Å². The van der Waals surface area contributed by atoms with Crippen molar-refractivity contribution >= 4 is 34.8 Å². The molecule has 0 aliphatic rings. The molecule has 60 valence electrons. The van der Waals surface area contributed by atoms with Crippen molar-refractivity contribution in [2.75, 3.05) is 0 Å². The molecule has 0 saturated heterocycles. The van der Waals surface area contributed by atoms with E-state index < -0.39 is 4.84 Å². The summed E-state index contributed by atoms with van der Waals surface area (Å²) in [5.41, 5.74) is 1.43. The lowest BCUT2D eigenvalue weighted by Crippen LogP contribution is -1.91. The van der Waals surface area contributed by atoms with Gasteiger partial charge in [-0.3, -0.25) is 4.98 Å². The summed E-state index contributed by atoms with van der Waals surface area (Å²) in [6.45, 7) is 0. The van der Waals surface area contributed by atoms with E-state index in [4.69, 9.17) is 34.8 Å². The minimum atomic E-state index is -0.571. The van der Waals surface area contributed by atoms with E-state index in [1.165, 1.54) is 0 Å². The molecular weight excluding hydrogens is 204 g/mol. The molecule has 4 heteroatoms. The first-order chi connectivity index (χ1) is 5.24. The number of halogens is 3. The Morgan fingerprint density at radius 3 is 2.64 bits per heavy atom. The van der Waals surface area contributed by atoms with Crippen LogP contribution in [0.5, 0.6) is 0 Å². The molecule has 0 saturated carbocycles. The molecular formula is C7H6Cl3N. The van der Waals surface area contributed by atoms with E-state index in [0.717, 1.165) is 5.69 Å². The quantitative estimate of drug-likeness (QED) is 0.683. The van der Waals surface area contributed by atoms with Gasteiger partial charge in [-0.1, -0.05) is 29.3 Å². The SMILES string of the molecule is ClCc1cccc(C(Cl)Cl)n1. The van der Waals surface area contributed by atoms with Crippen molar-refractivity contribution in [2.24, 2.45) is 0 Å². The smallest absolute Gasteiger partial charge is 0.149 e. The monoisotopic (exact) mass is 209 g/mol. The second-order valence-corrected chi connectivity index (χ2v) is 3.35. The third-order valence-corrected chi connectivity index (χ3v) is 1.91. The Hall–Kier alpha value is 0.0200. The van der Waals surface area contributed by atoms with Crippen molar-refractivity contribution < 1.29 is 0 Å². The molecule has 0 aliphatic carbocycles. The average molecular weight is 210 g/mol. The predicted octanol–water partition coefficient (Wildman–Crippen LogP) is 3.30. The van der Waals surface area contributed by atoms with Gasteiger partial charge in [0.05, 0.1) is 17.3 Å². The third kappa shape index (κ3) is 2.51. The number of nitrogens with zero attached hydrogens (tertiary/aromatic N) is 1. The van der Waals surface area contributed by atoms with Gasteiger partial charge in [-0.25, -0.2) is 0 Å². The molecule has 0 radical (unpaired) electrons. The van der Waals surface area contributed by atoms with Crippen LogP contribution in [0, 0.1) is 0 Å². The number of rotatable bonds is 2. The maximum Gasteiger partial charge on any atom is 0.149 e. The van der Waals surface area contributed by atoms with Crippen LogP contribution in [-0.2, 0) is 5.88 Å². The van der Waals surface area contributed by atoms with Crippen molar-refractivity contribution in [1.82, 2.24) is 4.98 Å². The van der Waals surface area contributed by atoms with Gasteiger partial charge in [-0.05, 0) is 12.1 Å². The summed E-state index contributed by atoms with van der Waals surface area (Å²) in [4.78, 5) is 3.52. The molecule has 0 unspecified atom stereocenters. The summed E-state index contributed by atoms with van der Waals surface area (Å²) in [5.74, 6) is 0.383. The van der Waals surface area contributed by atoms with E-state index in [1.807, 2.05) is 12.1 Å². The van der Waals surface area contributed by atoms with Crippen LogP contribution in [0.2, 0.25) is 0 Å². The maximum atomic E-state index is 5.59. The fourth-order valence-corrected chi connectivity index (χ4v) is 1.09. The minimum Gasteiger partial charge on any atom is -0.254 e. The Balaban J connectivity index is 2.91. The second-order valence-electron chi connectivity index (χ2n) is 1.99. The number of hydrogen-bond acceptors (Lipinski definition) is 1. The van der Waals surface area contributed by atoms with E-state index in [1.54, 1.807) is 6.07 Å². The zero-order chi connectivity index (χ0) is 8.27. The molecule has 1 aromatic rings. The highest BCUT2D eigenvalue weighted by molar-refractivity contribution is 6.43. The van der Waals surface area contributed by atoms with Gasteiger partial charge < -0.3 is 0 Å². The van der Waals surface area contributed by atoms with Crippen LogP contribution in [0.3, 0.4) is 0 Å². The summed E-state index contributed by atoms with van der Waals surface area (Å²) >= 11 is 16.7. The minimum absolute atomic E-state index is 0.383. The molecule has 11 heavy (non-hydrogen) atoms. The summed E-state index contributed by atoms with van der Waals surface area (Å²) in [7, 11) is 0. The molecule has 0 fully saturated rings. The van der Waals surface area contributed by atoms with Crippen LogP contribution in [0.4, 0.5) is 0 Å². The van der Waals surface area contributed by atoms with Crippen LogP contribution in [0.15, 0.2) is 18.2 Å². The zero-order valence-electron chi connectivity index (χ0n) is 5.60. The Labute approximate surface area is 80.3 Å². The zero-order valence-corrected chi connectivity index (χ0v) is 7.87. The molecule has 1 heterocycles. The van der Waals surface area contributed by atoms with Crippen LogP contribution < -0.4 is 0 Å². The van der Waals surface area contributed by atoms with Crippen molar-refractivity contribution in [1.29, 1.82) is 0 Å². The van der Waals surface area contributed by atoms with Crippen LogP contribution in [0.25, 0.3) is 0 Å². The molecule has 1 rings (SSSR count). The molecule has 0 amide bonds. The maximum absolute atomic E-state index is 5.59. The Morgan fingerprint density at radius 2 is 2.09 bits per heavy atom. The molecule has 1 nitrogen and oxygen atoms in total. The Bertz CT molecular complexity index is 237. The Morgan fingerprint density at radius 1 is 1.36 bits per heavy atom. The summed E-state index contributed by atoms with van der Waals surface area (Å²) in [6.07, 6.45) is 0. The summed E-state index contributed by atoms with van der Waals surface area (Å²) in [5, 5.41) is 0. The van der Waals surface area contributed by atoms with E-state index in [0.29, 0.717) is 11.6 Å². The highest BCUT2D eigenvalue weighted by Crippen LogP contribution is 2.22. The van der Waals surface area contributed by atoms with Gasteiger partial charge in [-0.15, -0.1) is 11.6 Å². The predicted molar refractivity (Wildman–Crippen MR) is 48.2 cm³/mol. The summed E-state index contributed by atoms with van der Waals surface area (Å²) < 4.78 is 0. The molecule has 1 aromatic heterocycles. The molecule has 0 aromatic carbocycles. The lowest BCUT2D eigenvalue weighted by Gasteiger charge is -2.01. The van der Waals surface area contributed by atoms with Gasteiger partial charge in [0.1, 0.15) is 4.84 Å². The van der Waals surface area contributed by atoms with Crippen LogP contribution in [0.1, 0.15) is 16.2 Å². The molecule has 0 bridgehead atoms. The van der Waals surface area contributed by atoms with E-state index in [2.05, 4.69) is 4.98 Å². The number of hydrogen-bond donors (Lipinski definition) is 0. The number of pyridine rings is 1. The first-order valence-electron chi connectivity index (χ1n) is 3.04. The van der Waals surface area contributed by atoms with Crippen LogP contribution in [-0.4, -0.2) is 4.98 Å². The number of aromatic nitrogens is 1. The normalized spacial score (nSPS) is 10.5. The van der Waals surface area contributed by atoms with E-state index >= 15 is 0 Å². The lowest BCUT2D eigenvalue weighted by atomic mass is 10.3. The van der Waals surface area contributed by atoms with Gasteiger partial charge in [0.2, 0.25) is 0 Å². The standard InChI is InChI=1S/C7H6Cl3N/c8-4-5-2-1-3-6(11-5)7(9)10/h1-3,7H,4H2. The van der Waals surface area contributed by atoms with Gasteiger partial charge in [0.15, 0.2) is 0 Å². The fraction of sp³-hybridized carbons (Fsp3) is 0.286. The van der Waals surface area contributed by atoms with Crippen molar-refractivity contribution in [3.8, 4) is 0 Å². The van der Waals surface area contributed by atoms with E-state index in [-0.39, 0.29) is 0 Å². The topological polar surface area (TPSA) is 12.9 Å². The first-order valence-corrected chi connectivity index (χ1v) is 4.44. The highest BCUT2D eigenvalue weighted by Gasteiger charge is 2.04. The van der Waals surface area contributed by atoms with Gasteiger partial charge in [0.25, 0.3) is 0 Å². The molecule has 0 N–H and O–H groups in total. The van der Waals surface area contributed by atoms with Crippen LogP contribution >= 0.6 is 34.8 Å². The fourth-order valence-electron chi connectivity index (χ4n) is 0.694. The molecule has 0 aliphatic heterocycles. The largest absolute Gasteiger partial charge is 0.254 e. The van der Waals surface area contributed by atoms with Crippen molar-refractivity contribution in [3.05, 3.63) is 29.6 Å². The van der Waals surface area contributed by atoms with Gasteiger partial charge in [-0.2, -0.15) is 0 Å². The molecule has 0 atom stereocenters. The third-order valence-electron chi connectivity index (χ3n) is 1.19. The van der Waals surface area contributed by atoms with Gasteiger partial charge in [0, 0.05) is 0 Å². The highest BCUT2D eigenvalue weighted by atomic mass is 35.5. The first kappa shape index (κ1) is 9.11. The van der Waals surface area contributed by atoms with Crippen molar-refractivity contribution in [3.63, 3.8) is 0 Å². The lowest BCUT2D eigenvalue weighted by molar-refractivity contribution is 1.07. The van der Waals surface area contributed by atoms with Crippen molar-refractivity contribution in [2.45, 2.75) is 10.7 Å². The van der Waals surface area contributed by atoms with Gasteiger partial charge >= 0.3 is 0 Å². The average Bonchev–Trinajstić information content (AvgIpc) is 2.05.